The van der Waals surface area contributed by atoms with Gasteiger partial charge in [-0.25, -0.2) is 0 Å². The Bertz CT molecular complexity index is 281. The molecule has 0 saturated heterocycles. The number of hydrogen-bond acceptors (Lipinski definition) is 1. The van der Waals surface area contributed by atoms with Crippen LogP contribution in [0.4, 0.5) is 0 Å². The van der Waals surface area contributed by atoms with Crippen molar-refractivity contribution >= 4 is 27.9 Å². The molecule has 0 spiro atoms. The number of rotatable bonds is 0. The molecule has 1 aromatic carbocycles. The normalized spacial score (nSPS) is 9.09. The topological polar surface area (TPSA) is 12.9 Å². The van der Waals surface area contributed by atoms with Gasteiger partial charge in [0, 0.05) is 28.6 Å². The lowest BCUT2D eigenvalue weighted by Gasteiger charge is -1.91. The molecular weight excluding hydrogens is 202 g/mol. The number of nitrogens with zero attached hydrogens (tertiary/aromatic N) is 1. The summed E-state index contributed by atoms with van der Waals surface area (Å²) < 4.78 is 0. The predicted molar refractivity (Wildman–Crippen MR) is 50.7 cm³/mol. The molecule has 2 aromatic rings. The van der Waals surface area contributed by atoms with Gasteiger partial charge in [-0.1, -0.05) is 24.3 Å². The SMILES string of the molecule is [Br].c1ccc2ncccc2c1. The molecular formula is C9H7BrN. The number of halogens is 1. The molecule has 11 heavy (non-hydrogen) atoms. The van der Waals surface area contributed by atoms with E-state index in [0.717, 1.165) is 5.52 Å². The summed E-state index contributed by atoms with van der Waals surface area (Å²) in [6, 6.07) is 12.1. The second kappa shape index (κ2) is 3.49. The maximum absolute atomic E-state index is 4.18. The number of fused-ring (bicyclic) bond motifs is 1. The lowest BCUT2D eigenvalue weighted by atomic mass is 10.2. The molecule has 1 nitrogen and oxygen atoms in total. The molecule has 0 aliphatic heterocycles. The summed E-state index contributed by atoms with van der Waals surface area (Å²) in [5.74, 6) is 0. The van der Waals surface area contributed by atoms with Gasteiger partial charge in [0.25, 0.3) is 0 Å². The molecule has 55 valence electrons. The highest BCUT2D eigenvalue weighted by Gasteiger charge is 1.86. The predicted octanol–water partition coefficient (Wildman–Crippen LogP) is 3.08. The highest BCUT2D eigenvalue weighted by Crippen LogP contribution is 2.07. The first-order valence-electron chi connectivity index (χ1n) is 3.26. The minimum absolute atomic E-state index is 0. The smallest absolute Gasteiger partial charge is 0.0701 e. The third kappa shape index (κ3) is 1.57. The zero-order chi connectivity index (χ0) is 6.81. The van der Waals surface area contributed by atoms with Crippen molar-refractivity contribution in [2.75, 3.05) is 0 Å². The van der Waals surface area contributed by atoms with Crippen LogP contribution in [0.3, 0.4) is 0 Å². The third-order valence-electron chi connectivity index (χ3n) is 1.51. The number of aromatic nitrogens is 1. The van der Waals surface area contributed by atoms with Crippen LogP contribution in [0, 0.1) is 0 Å². The molecule has 0 atom stereocenters. The van der Waals surface area contributed by atoms with Gasteiger partial charge in [0.1, 0.15) is 0 Å². The van der Waals surface area contributed by atoms with Gasteiger partial charge in [-0.2, -0.15) is 0 Å². The van der Waals surface area contributed by atoms with Gasteiger partial charge in [-0.15, -0.1) is 0 Å². The van der Waals surface area contributed by atoms with E-state index in [0.29, 0.717) is 0 Å². The molecule has 0 N–H and O–H groups in total. The molecule has 0 unspecified atom stereocenters. The largest absolute Gasteiger partial charge is 0.256 e. The Morgan fingerprint density at radius 3 is 2.45 bits per heavy atom. The fraction of sp³-hybridized carbons (Fsp3) is 0. The van der Waals surface area contributed by atoms with Crippen molar-refractivity contribution in [1.29, 1.82) is 0 Å². The molecule has 2 heteroatoms. The van der Waals surface area contributed by atoms with Gasteiger partial charge in [0.15, 0.2) is 0 Å². The fourth-order valence-electron chi connectivity index (χ4n) is 1.02. The Hall–Kier alpha value is -0.890. The van der Waals surface area contributed by atoms with Gasteiger partial charge < -0.3 is 0 Å². The lowest BCUT2D eigenvalue weighted by Crippen LogP contribution is -1.73. The van der Waals surface area contributed by atoms with Crippen molar-refractivity contribution in [3.63, 3.8) is 0 Å². The molecule has 0 saturated carbocycles. The van der Waals surface area contributed by atoms with Crippen molar-refractivity contribution in [3.05, 3.63) is 42.6 Å². The fourth-order valence-corrected chi connectivity index (χ4v) is 1.02. The lowest BCUT2D eigenvalue weighted by molar-refractivity contribution is 1.41. The molecule has 0 amide bonds. The standard InChI is InChI=1S/C9H7N.Br/c1-2-6-9-8(4-1)5-3-7-10-9;/h1-7H;. The van der Waals surface area contributed by atoms with E-state index in [1.807, 2.05) is 30.5 Å². The zero-order valence-corrected chi connectivity index (χ0v) is 7.45. The van der Waals surface area contributed by atoms with Crippen LogP contribution in [0.5, 0.6) is 0 Å². The van der Waals surface area contributed by atoms with Crippen LogP contribution in [-0.4, -0.2) is 4.98 Å². The van der Waals surface area contributed by atoms with Crippen LogP contribution in [0.25, 0.3) is 10.9 Å². The summed E-state index contributed by atoms with van der Waals surface area (Å²) in [6.45, 7) is 0. The first kappa shape index (κ1) is 8.21. The summed E-state index contributed by atoms with van der Waals surface area (Å²) in [7, 11) is 0. The maximum atomic E-state index is 4.18. The molecule has 1 aromatic heterocycles. The van der Waals surface area contributed by atoms with Gasteiger partial charge in [0.2, 0.25) is 0 Å². The number of benzene rings is 1. The number of hydrogen-bond donors (Lipinski definition) is 0. The molecule has 0 aliphatic rings. The van der Waals surface area contributed by atoms with Crippen LogP contribution in [-0.2, 0) is 0 Å². The Morgan fingerprint density at radius 2 is 1.64 bits per heavy atom. The van der Waals surface area contributed by atoms with Crippen LogP contribution in [0.1, 0.15) is 0 Å². The van der Waals surface area contributed by atoms with Crippen LogP contribution in [0.15, 0.2) is 42.6 Å². The molecule has 1 radical (unpaired) electrons. The van der Waals surface area contributed by atoms with Crippen molar-refractivity contribution in [3.8, 4) is 0 Å². The average Bonchev–Trinajstić information content (AvgIpc) is 2.05. The van der Waals surface area contributed by atoms with Gasteiger partial charge >= 0.3 is 0 Å². The third-order valence-corrected chi connectivity index (χ3v) is 1.51. The van der Waals surface area contributed by atoms with E-state index in [2.05, 4.69) is 17.1 Å². The first-order chi connectivity index (χ1) is 4.97. The number of pyridine rings is 1. The minimum atomic E-state index is 0. The van der Waals surface area contributed by atoms with Crippen molar-refractivity contribution in [1.82, 2.24) is 4.98 Å². The molecule has 0 fully saturated rings. The second-order valence-corrected chi connectivity index (χ2v) is 2.20. The average molecular weight is 209 g/mol. The van der Waals surface area contributed by atoms with Gasteiger partial charge in [-0.05, 0) is 12.1 Å². The Balaban J connectivity index is 0.000000605. The Morgan fingerprint density at radius 1 is 0.909 bits per heavy atom. The quantitative estimate of drug-likeness (QED) is 0.649. The summed E-state index contributed by atoms with van der Waals surface area (Å²) in [4.78, 5) is 4.18. The van der Waals surface area contributed by atoms with Gasteiger partial charge in [-0.3, -0.25) is 4.98 Å². The van der Waals surface area contributed by atoms with Crippen molar-refractivity contribution < 1.29 is 0 Å². The van der Waals surface area contributed by atoms with E-state index in [1.165, 1.54) is 5.39 Å². The Kier molecular flexibility index (Phi) is 2.60. The van der Waals surface area contributed by atoms with Crippen LogP contribution in [0.2, 0.25) is 0 Å². The second-order valence-electron chi connectivity index (χ2n) is 2.20. The molecule has 1 heterocycles. The first-order valence-corrected chi connectivity index (χ1v) is 3.26. The summed E-state index contributed by atoms with van der Waals surface area (Å²) in [5, 5.41) is 1.20. The highest BCUT2D eigenvalue weighted by molar-refractivity contribution is 8.93. The highest BCUT2D eigenvalue weighted by atomic mass is 79.9. The van der Waals surface area contributed by atoms with Crippen LogP contribution >= 0.6 is 17.0 Å². The van der Waals surface area contributed by atoms with E-state index in [9.17, 15) is 0 Å². The summed E-state index contributed by atoms with van der Waals surface area (Å²) >= 11 is 0. The van der Waals surface area contributed by atoms with E-state index < -0.39 is 0 Å². The minimum Gasteiger partial charge on any atom is -0.256 e. The van der Waals surface area contributed by atoms with Crippen molar-refractivity contribution in [2.45, 2.75) is 0 Å². The van der Waals surface area contributed by atoms with E-state index in [1.54, 1.807) is 0 Å². The maximum Gasteiger partial charge on any atom is 0.0701 e. The Labute approximate surface area is 75.8 Å². The van der Waals surface area contributed by atoms with Gasteiger partial charge in [0.05, 0.1) is 5.52 Å². The number of para-hydroxylation sites is 1. The molecule has 2 rings (SSSR count). The molecule has 0 aliphatic carbocycles. The zero-order valence-electron chi connectivity index (χ0n) is 5.87. The van der Waals surface area contributed by atoms with E-state index >= 15 is 0 Å². The monoisotopic (exact) mass is 208 g/mol. The molecule has 0 bridgehead atoms. The van der Waals surface area contributed by atoms with Crippen LogP contribution < -0.4 is 0 Å². The van der Waals surface area contributed by atoms with E-state index in [-0.39, 0.29) is 17.0 Å². The summed E-state index contributed by atoms with van der Waals surface area (Å²) in [5.41, 5.74) is 1.06. The summed E-state index contributed by atoms with van der Waals surface area (Å²) in [6.07, 6.45) is 1.81. The van der Waals surface area contributed by atoms with Crippen molar-refractivity contribution in [2.24, 2.45) is 0 Å². The van der Waals surface area contributed by atoms with E-state index in [4.69, 9.17) is 0 Å².